The Morgan fingerprint density at radius 2 is 2.28 bits per heavy atom. The largest absolute Gasteiger partial charge is 0.326 e. The highest BCUT2D eigenvalue weighted by Gasteiger charge is 2.16. The highest BCUT2D eigenvalue weighted by atomic mass is 16.2. The summed E-state index contributed by atoms with van der Waals surface area (Å²) in [7, 11) is 0. The maximum Gasteiger partial charge on any atom is 0.241 e. The Bertz CT molecular complexity index is 485. The number of fused-ring (bicyclic) bond motifs is 1. The van der Waals surface area contributed by atoms with Crippen LogP contribution in [0.15, 0.2) is 18.2 Å². The third kappa shape index (κ3) is 2.68. The van der Waals surface area contributed by atoms with Crippen molar-refractivity contribution in [2.45, 2.75) is 32.2 Å². The lowest BCUT2D eigenvalue weighted by Crippen LogP contribution is -2.34. The molecule has 1 aliphatic rings. The number of anilines is 2. The normalized spacial score (nSPS) is 15.6. The number of carbonyl (C=O) groups is 2. The smallest absolute Gasteiger partial charge is 0.241 e. The van der Waals surface area contributed by atoms with Crippen molar-refractivity contribution >= 4 is 23.2 Å². The van der Waals surface area contributed by atoms with Gasteiger partial charge in [0.25, 0.3) is 0 Å². The van der Waals surface area contributed by atoms with Gasteiger partial charge >= 0.3 is 0 Å². The van der Waals surface area contributed by atoms with Gasteiger partial charge in [-0.05, 0) is 36.6 Å². The van der Waals surface area contributed by atoms with E-state index in [0.717, 1.165) is 16.9 Å². The lowest BCUT2D eigenvalue weighted by Gasteiger charge is -2.18. The molecule has 0 spiro atoms. The van der Waals surface area contributed by atoms with E-state index in [0.29, 0.717) is 19.3 Å². The molecule has 96 valence electrons. The summed E-state index contributed by atoms with van der Waals surface area (Å²) in [5.74, 6) is -0.149. The van der Waals surface area contributed by atoms with Crippen LogP contribution in [0.25, 0.3) is 0 Å². The van der Waals surface area contributed by atoms with Gasteiger partial charge in [0.05, 0.1) is 6.04 Å². The number of carbonyl (C=O) groups excluding carboxylic acids is 2. The van der Waals surface area contributed by atoms with Gasteiger partial charge in [0.15, 0.2) is 0 Å². The van der Waals surface area contributed by atoms with Crippen LogP contribution in [0.2, 0.25) is 0 Å². The van der Waals surface area contributed by atoms with E-state index in [1.807, 2.05) is 13.0 Å². The molecule has 0 radical (unpaired) electrons. The lowest BCUT2D eigenvalue weighted by atomic mass is 10.0. The Balaban J connectivity index is 2.12. The summed E-state index contributed by atoms with van der Waals surface area (Å²) in [4.78, 5) is 22.9. The van der Waals surface area contributed by atoms with E-state index < -0.39 is 6.04 Å². The number of benzene rings is 1. The second-order valence-corrected chi connectivity index (χ2v) is 4.42. The van der Waals surface area contributed by atoms with Gasteiger partial charge in [-0.1, -0.05) is 6.92 Å². The van der Waals surface area contributed by atoms with Crippen LogP contribution in [0.5, 0.6) is 0 Å². The fourth-order valence-electron chi connectivity index (χ4n) is 1.88. The molecule has 0 fully saturated rings. The standard InChI is InChI=1S/C13H17N3O2/c1-2-10(14)13(18)15-9-4-5-11-8(7-9)3-6-12(17)16-11/h4-5,7,10H,2-3,6,14H2,1H3,(H,15,18)(H,16,17). The van der Waals surface area contributed by atoms with Crippen molar-refractivity contribution in [3.8, 4) is 0 Å². The van der Waals surface area contributed by atoms with E-state index >= 15 is 0 Å². The number of rotatable bonds is 3. The van der Waals surface area contributed by atoms with Crippen molar-refractivity contribution in [1.29, 1.82) is 0 Å². The molecule has 2 rings (SSSR count). The van der Waals surface area contributed by atoms with Gasteiger partial charge in [-0.15, -0.1) is 0 Å². The first-order chi connectivity index (χ1) is 8.60. The van der Waals surface area contributed by atoms with Gasteiger partial charge in [-0.3, -0.25) is 9.59 Å². The summed E-state index contributed by atoms with van der Waals surface area (Å²) in [5.41, 5.74) is 8.23. The summed E-state index contributed by atoms with van der Waals surface area (Å²) in [6.07, 6.45) is 1.79. The van der Waals surface area contributed by atoms with Crippen molar-refractivity contribution in [1.82, 2.24) is 0 Å². The highest BCUT2D eigenvalue weighted by molar-refractivity contribution is 5.97. The summed E-state index contributed by atoms with van der Waals surface area (Å²) in [5, 5.41) is 5.58. The zero-order valence-electron chi connectivity index (χ0n) is 10.3. The van der Waals surface area contributed by atoms with Crippen LogP contribution in [0, 0.1) is 0 Å². The monoisotopic (exact) mass is 247 g/mol. The summed E-state index contributed by atoms with van der Waals surface area (Å²) >= 11 is 0. The van der Waals surface area contributed by atoms with Crippen molar-refractivity contribution < 1.29 is 9.59 Å². The van der Waals surface area contributed by atoms with Gasteiger partial charge < -0.3 is 16.4 Å². The molecule has 0 saturated carbocycles. The van der Waals surface area contributed by atoms with Crippen LogP contribution in [0.3, 0.4) is 0 Å². The average molecular weight is 247 g/mol. The maximum atomic E-state index is 11.7. The predicted molar refractivity (Wildman–Crippen MR) is 70.3 cm³/mol. The third-order valence-corrected chi connectivity index (χ3v) is 3.04. The van der Waals surface area contributed by atoms with Crippen molar-refractivity contribution in [3.05, 3.63) is 23.8 Å². The molecular weight excluding hydrogens is 230 g/mol. The topological polar surface area (TPSA) is 84.2 Å². The number of nitrogens with two attached hydrogens (primary N) is 1. The van der Waals surface area contributed by atoms with Crippen LogP contribution in [-0.2, 0) is 16.0 Å². The summed E-state index contributed by atoms with van der Waals surface area (Å²) in [6, 6.07) is 4.97. The first kappa shape index (κ1) is 12.6. The first-order valence-electron chi connectivity index (χ1n) is 6.09. The minimum atomic E-state index is -0.485. The molecule has 1 heterocycles. The fourth-order valence-corrected chi connectivity index (χ4v) is 1.88. The van der Waals surface area contributed by atoms with Crippen molar-refractivity contribution in [2.24, 2.45) is 5.73 Å². The number of aryl methyl sites for hydroxylation is 1. The number of nitrogens with one attached hydrogen (secondary N) is 2. The van der Waals surface area contributed by atoms with Crippen molar-refractivity contribution in [2.75, 3.05) is 10.6 Å². The molecule has 0 aliphatic carbocycles. The molecule has 0 saturated heterocycles. The Morgan fingerprint density at radius 3 is 3.00 bits per heavy atom. The second kappa shape index (κ2) is 5.18. The van der Waals surface area contributed by atoms with Crippen LogP contribution >= 0.6 is 0 Å². The van der Waals surface area contributed by atoms with Crippen molar-refractivity contribution in [3.63, 3.8) is 0 Å². The Morgan fingerprint density at radius 1 is 1.50 bits per heavy atom. The molecular formula is C13H17N3O2. The number of hydrogen-bond donors (Lipinski definition) is 3. The van der Waals surface area contributed by atoms with Gasteiger partial charge in [0.1, 0.15) is 0 Å². The molecule has 1 aromatic carbocycles. The zero-order chi connectivity index (χ0) is 13.1. The van der Waals surface area contributed by atoms with Crippen LogP contribution in [0.4, 0.5) is 11.4 Å². The van der Waals surface area contributed by atoms with E-state index in [-0.39, 0.29) is 11.8 Å². The average Bonchev–Trinajstić information content (AvgIpc) is 2.38. The first-order valence-corrected chi connectivity index (χ1v) is 6.09. The maximum absolute atomic E-state index is 11.7. The second-order valence-electron chi connectivity index (χ2n) is 4.42. The fraction of sp³-hybridized carbons (Fsp3) is 0.385. The SMILES string of the molecule is CCC(N)C(=O)Nc1ccc2c(c1)CCC(=O)N2. The van der Waals surface area contributed by atoms with E-state index in [2.05, 4.69) is 10.6 Å². The molecule has 0 bridgehead atoms. The zero-order valence-corrected chi connectivity index (χ0v) is 10.3. The third-order valence-electron chi connectivity index (χ3n) is 3.04. The van der Waals surface area contributed by atoms with Gasteiger partial charge in [0, 0.05) is 17.8 Å². The molecule has 2 amide bonds. The quantitative estimate of drug-likeness (QED) is 0.751. The molecule has 1 atom stereocenters. The molecule has 0 aromatic heterocycles. The van der Waals surface area contributed by atoms with Crippen LogP contribution in [-0.4, -0.2) is 17.9 Å². The molecule has 1 aromatic rings. The van der Waals surface area contributed by atoms with Gasteiger partial charge in [0.2, 0.25) is 11.8 Å². The predicted octanol–water partition coefficient (Wildman–Crippen LogP) is 1.25. The molecule has 1 unspecified atom stereocenters. The number of hydrogen-bond acceptors (Lipinski definition) is 3. The molecule has 1 aliphatic heterocycles. The Kier molecular flexibility index (Phi) is 3.62. The Hall–Kier alpha value is -1.88. The van der Waals surface area contributed by atoms with E-state index in [4.69, 9.17) is 5.73 Å². The molecule has 18 heavy (non-hydrogen) atoms. The minimum absolute atomic E-state index is 0.0345. The Labute approximate surface area is 106 Å². The molecule has 5 heteroatoms. The van der Waals surface area contributed by atoms with Gasteiger partial charge in [-0.2, -0.15) is 0 Å². The van der Waals surface area contributed by atoms with E-state index in [9.17, 15) is 9.59 Å². The van der Waals surface area contributed by atoms with Crippen LogP contribution in [0.1, 0.15) is 25.3 Å². The van der Waals surface area contributed by atoms with Gasteiger partial charge in [-0.25, -0.2) is 0 Å². The lowest BCUT2D eigenvalue weighted by molar-refractivity contribution is -0.117. The minimum Gasteiger partial charge on any atom is -0.326 e. The molecule has 4 N–H and O–H groups in total. The van der Waals surface area contributed by atoms with Crippen LogP contribution < -0.4 is 16.4 Å². The summed E-state index contributed by atoms with van der Waals surface area (Å²) in [6.45, 7) is 1.87. The number of amides is 2. The van der Waals surface area contributed by atoms with E-state index in [1.54, 1.807) is 12.1 Å². The van der Waals surface area contributed by atoms with E-state index in [1.165, 1.54) is 0 Å². The molecule has 5 nitrogen and oxygen atoms in total. The highest BCUT2D eigenvalue weighted by Crippen LogP contribution is 2.25. The summed E-state index contributed by atoms with van der Waals surface area (Å²) < 4.78 is 0.